The Balaban J connectivity index is 2.27. The van der Waals surface area contributed by atoms with E-state index in [9.17, 15) is 5.11 Å². The zero-order valence-corrected chi connectivity index (χ0v) is 9.46. The topological polar surface area (TPSA) is 46.2 Å². The monoisotopic (exact) mass is 205 g/mol. The minimum atomic E-state index is -0.197. The number of phenols is 1. The third-order valence-electron chi connectivity index (χ3n) is 3.48. The minimum Gasteiger partial charge on any atom is -0.508 e. The lowest BCUT2D eigenvalue weighted by atomic mass is 9.84. The first-order valence-corrected chi connectivity index (χ1v) is 5.50. The number of aromatic hydroxyl groups is 1. The molecule has 1 aliphatic carbocycles. The number of hydrogen-bond donors (Lipinski definition) is 2. The van der Waals surface area contributed by atoms with Gasteiger partial charge in [0, 0.05) is 5.54 Å². The van der Waals surface area contributed by atoms with Crippen molar-refractivity contribution < 1.29 is 5.11 Å². The van der Waals surface area contributed by atoms with Gasteiger partial charge in [-0.25, -0.2) is 0 Å². The molecule has 3 N–H and O–H groups in total. The maximum atomic E-state index is 9.25. The molecule has 1 aliphatic rings. The quantitative estimate of drug-likeness (QED) is 0.740. The van der Waals surface area contributed by atoms with Crippen LogP contribution < -0.4 is 5.73 Å². The molecule has 0 heterocycles. The molecule has 1 fully saturated rings. The van der Waals surface area contributed by atoms with E-state index in [0.29, 0.717) is 11.2 Å². The number of benzene rings is 1. The largest absolute Gasteiger partial charge is 0.508 e. The van der Waals surface area contributed by atoms with Crippen LogP contribution in [0.5, 0.6) is 5.75 Å². The second kappa shape index (κ2) is 3.24. The Morgan fingerprint density at radius 3 is 2.20 bits per heavy atom. The highest BCUT2D eigenvalue weighted by Gasteiger charge is 2.41. The number of rotatable bonds is 1. The van der Waals surface area contributed by atoms with E-state index in [1.807, 2.05) is 12.1 Å². The van der Waals surface area contributed by atoms with Crippen molar-refractivity contribution in [1.29, 1.82) is 0 Å². The first kappa shape index (κ1) is 10.5. The summed E-state index contributed by atoms with van der Waals surface area (Å²) in [4.78, 5) is 0. The van der Waals surface area contributed by atoms with Gasteiger partial charge >= 0.3 is 0 Å². The fraction of sp³-hybridized carbons (Fsp3) is 0.538. The summed E-state index contributed by atoms with van der Waals surface area (Å²) in [5.74, 6) is 0.305. The molecule has 15 heavy (non-hydrogen) atoms. The SMILES string of the molecule is CC1(C)CCC(N)(c2ccc(O)cc2)C1. The second-order valence-corrected chi connectivity index (χ2v) is 5.54. The molecular formula is C13H19NO. The van der Waals surface area contributed by atoms with Crippen LogP contribution in [0.3, 0.4) is 0 Å². The number of hydrogen-bond acceptors (Lipinski definition) is 2. The third kappa shape index (κ3) is 2.00. The van der Waals surface area contributed by atoms with Gasteiger partial charge in [-0.3, -0.25) is 0 Å². The average Bonchev–Trinajstić information content (AvgIpc) is 2.43. The van der Waals surface area contributed by atoms with Gasteiger partial charge in [0.05, 0.1) is 0 Å². The van der Waals surface area contributed by atoms with Crippen molar-refractivity contribution >= 4 is 0 Å². The molecule has 0 bridgehead atoms. The van der Waals surface area contributed by atoms with Crippen LogP contribution in [0.1, 0.15) is 38.7 Å². The van der Waals surface area contributed by atoms with Crippen LogP contribution in [0.4, 0.5) is 0 Å². The van der Waals surface area contributed by atoms with Crippen LogP contribution in [0.15, 0.2) is 24.3 Å². The Bertz CT molecular complexity index is 355. The van der Waals surface area contributed by atoms with Crippen molar-refractivity contribution in [1.82, 2.24) is 0 Å². The summed E-state index contributed by atoms with van der Waals surface area (Å²) in [6.07, 6.45) is 3.22. The maximum Gasteiger partial charge on any atom is 0.115 e. The molecule has 1 aromatic rings. The molecule has 0 saturated heterocycles. The van der Waals surface area contributed by atoms with Crippen molar-refractivity contribution in [2.24, 2.45) is 11.1 Å². The fourth-order valence-electron chi connectivity index (χ4n) is 2.63. The standard InChI is InChI=1S/C13H19NO/c1-12(2)7-8-13(14,9-12)10-3-5-11(15)6-4-10/h3-6,15H,7-9,14H2,1-2H3. The lowest BCUT2D eigenvalue weighted by Gasteiger charge is -2.27. The highest BCUT2D eigenvalue weighted by atomic mass is 16.3. The van der Waals surface area contributed by atoms with Crippen LogP contribution in [0.2, 0.25) is 0 Å². The first-order chi connectivity index (χ1) is 6.91. The zero-order valence-electron chi connectivity index (χ0n) is 9.46. The molecule has 0 amide bonds. The Hall–Kier alpha value is -1.02. The van der Waals surface area contributed by atoms with Crippen LogP contribution in [-0.2, 0) is 5.54 Å². The predicted octanol–water partition coefficient (Wildman–Crippen LogP) is 2.76. The van der Waals surface area contributed by atoms with Gasteiger partial charge in [-0.2, -0.15) is 0 Å². The van der Waals surface area contributed by atoms with Gasteiger partial charge < -0.3 is 10.8 Å². The summed E-state index contributed by atoms with van der Waals surface area (Å²) in [7, 11) is 0. The van der Waals surface area contributed by atoms with Gasteiger partial charge in [0.15, 0.2) is 0 Å². The zero-order chi connectivity index (χ0) is 11.1. The molecule has 0 aromatic heterocycles. The Morgan fingerprint density at radius 2 is 1.73 bits per heavy atom. The Kier molecular flexibility index (Phi) is 2.27. The van der Waals surface area contributed by atoms with Gasteiger partial charge in [0.25, 0.3) is 0 Å². The highest BCUT2D eigenvalue weighted by molar-refractivity contribution is 5.32. The molecule has 2 nitrogen and oxygen atoms in total. The van der Waals surface area contributed by atoms with Crippen molar-refractivity contribution in [2.45, 2.75) is 38.6 Å². The van der Waals surface area contributed by atoms with Crippen LogP contribution in [0, 0.1) is 5.41 Å². The van der Waals surface area contributed by atoms with Crippen molar-refractivity contribution in [3.63, 3.8) is 0 Å². The number of nitrogens with two attached hydrogens (primary N) is 1. The summed E-state index contributed by atoms with van der Waals surface area (Å²) >= 11 is 0. The second-order valence-electron chi connectivity index (χ2n) is 5.54. The van der Waals surface area contributed by atoms with Gasteiger partial charge in [-0.1, -0.05) is 26.0 Å². The number of phenolic OH excluding ortho intramolecular Hbond substituents is 1. The maximum absolute atomic E-state index is 9.25. The molecule has 82 valence electrons. The fourth-order valence-corrected chi connectivity index (χ4v) is 2.63. The Morgan fingerprint density at radius 1 is 1.13 bits per heavy atom. The van der Waals surface area contributed by atoms with Gasteiger partial charge in [0.2, 0.25) is 0 Å². The molecule has 0 aliphatic heterocycles. The molecule has 1 unspecified atom stereocenters. The summed E-state index contributed by atoms with van der Waals surface area (Å²) in [6, 6.07) is 7.32. The van der Waals surface area contributed by atoms with E-state index in [-0.39, 0.29) is 5.54 Å². The van der Waals surface area contributed by atoms with Gasteiger partial charge in [0.1, 0.15) is 5.75 Å². The molecule has 0 radical (unpaired) electrons. The van der Waals surface area contributed by atoms with E-state index < -0.39 is 0 Å². The van der Waals surface area contributed by atoms with Crippen molar-refractivity contribution in [3.8, 4) is 5.75 Å². The highest BCUT2D eigenvalue weighted by Crippen LogP contribution is 2.47. The molecule has 2 rings (SSSR count). The molecule has 1 aromatic carbocycles. The minimum absolute atomic E-state index is 0.197. The summed E-state index contributed by atoms with van der Waals surface area (Å²) in [6.45, 7) is 4.53. The smallest absolute Gasteiger partial charge is 0.115 e. The molecule has 2 heteroatoms. The molecule has 0 spiro atoms. The lowest BCUT2D eigenvalue weighted by molar-refractivity contribution is 0.339. The van der Waals surface area contributed by atoms with E-state index in [2.05, 4.69) is 13.8 Å². The van der Waals surface area contributed by atoms with Crippen molar-refractivity contribution in [2.75, 3.05) is 0 Å². The normalized spacial score (nSPS) is 29.3. The first-order valence-electron chi connectivity index (χ1n) is 5.50. The van der Waals surface area contributed by atoms with E-state index in [4.69, 9.17) is 5.73 Å². The predicted molar refractivity (Wildman–Crippen MR) is 61.6 cm³/mol. The summed E-state index contributed by atoms with van der Waals surface area (Å²) in [5, 5.41) is 9.25. The van der Waals surface area contributed by atoms with E-state index in [1.165, 1.54) is 6.42 Å². The third-order valence-corrected chi connectivity index (χ3v) is 3.48. The lowest BCUT2D eigenvalue weighted by Crippen LogP contribution is -2.34. The average molecular weight is 205 g/mol. The van der Waals surface area contributed by atoms with Crippen molar-refractivity contribution in [3.05, 3.63) is 29.8 Å². The van der Waals surface area contributed by atoms with Crippen LogP contribution >= 0.6 is 0 Å². The van der Waals surface area contributed by atoms with E-state index >= 15 is 0 Å². The molecular weight excluding hydrogens is 186 g/mol. The van der Waals surface area contributed by atoms with E-state index in [1.54, 1.807) is 12.1 Å². The Labute approximate surface area is 91.1 Å². The van der Waals surface area contributed by atoms with Crippen LogP contribution in [0.25, 0.3) is 0 Å². The van der Waals surface area contributed by atoms with Crippen LogP contribution in [-0.4, -0.2) is 5.11 Å². The van der Waals surface area contributed by atoms with E-state index in [0.717, 1.165) is 18.4 Å². The summed E-state index contributed by atoms with van der Waals surface area (Å²) in [5.41, 5.74) is 7.71. The van der Waals surface area contributed by atoms with Gasteiger partial charge in [-0.15, -0.1) is 0 Å². The molecule has 1 saturated carbocycles. The summed E-state index contributed by atoms with van der Waals surface area (Å²) < 4.78 is 0. The van der Waals surface area contributed by atoms with Gasteiger partial charge in [-0.05, 0) is 42.4 Å². The molecule has 1 atom stereocenters.